The van der Waals surface area contributed by atoms with Crippen LogP contribution in [0.5, 0.6) is 0 Å². The fraction of sp³-hybridized carbons (Fsp3) is 0.190. The highest BCUT2D eigenvalue weighted by molar-refractivity contribution is 5.96. The zero-order valence-corrected chi connectivity index (χ0v) is 15.6. The number of para-hydroxylation sites is 2. The summed E-state index contributed by atoms with van der Waals surface area (Å²) in [5, 5.41) is 6.45. The number of carbonyl (C=O) groups is 1. The number of nitrogens with one attached hydrogen (secondary N) is 2. The summed E-state index contributed by atoms with van der Waals surface area (Å²) >= 11 is 0. The van der Waals surface area contributed by atoms with Gasteiger partial charge in [0.1, 0.15) is 5.82 Å². The molecule has 6 heteroatoms. The first-order chi connectivity index (χ1) is 13.1. The van der Waals surface area contributed by atoms with Crippen molar-refractivity contribution in [2.24, 2.45) is 0 Å². The van der Waals surface area contributed by atoms with E-state index in [1.54, 1.807) is 37.4 Å². The number of aryl methyl sites for hydroxylation is 2. The van der Waals surface area contributed by atoms with Crippen molar-refractivity contribution >= 4 is 29.1 Å². The van der Waals surface area contributed by atoms with Gasteiger partial charge in [-0.3, -0.25) is 0 Å². The van der Waals surface area contributed by atoms with Gasteiger partial charge in [-0.05, 0) is 50.1 Å². The van der Waals surface area contributed by atoms with Crippen LogP contribution < -0.4 is 10.6 Å². The van der Waals surface area contributed by atoms with Crippen molar-refractivity contribution in [2.45, 2.75) is 20.8 Å². The fourth-order valence-electron chi connectivity index (χ4n) is 2.73. The van der Waals surface area contributed by atoms with E-state index in [-0.39, 0.29) is 5.97 Å². The van der Waals surface area contributed by atoms with Crippen LogP contribution in [0.1, 0.15) is 28.4 Å². The van der Waals surface area contributed by atoms with E-state index in [4.69, 9.17) is 4.74 Å². The van der Waals surface area contributed by atoms with Crippen molar-refractivity contribution in [3.05, 3.63) is 71.4 Å². The monoisotopic (exact) mass is 362 g/mol. The molecule has 0 amide bonds. The highest BCUT2D eigenvalue weighted by Crippen LogP contribution is 2.24. The molecule has 0 atom stereocenters. The Morgan fingerprint density at radius 3 is 2.48 bits per heavy atom. The zero-order valence-electron chi connectivity index (χ0n) is 15.6. The summed E-state index contributed by atoms with van der Waals surface area (Å²) in [7, 11) is 0. The normalized spacial score (nSPS) is 10.3. The molecule has 0 spiro atoms. The van der Waals surface area contributed by atoms with Crippen LogP contribution in [0.4, 0.5) is 23.1 Å². The smallest absolute Gasteiger partial charge is 0.340 e. The van der Waals surface area contributed by atoms with Crippen LogP contribution in [0.3, 0.4) is 0 Å². The standard InChI is InChI=1S/C21H22N4O2/c1-4-27-20(26)16-10-5-6-11-17(16)23-21-22-13-12-18(25-21)24-19-14(2)8-7-9-15(19)3/h5-13H,4H2,1-3H3,(H2,22,23,24,25). The lowest BCUT2D eigenvalue weighted by Gasteiger charge is -2.13. The number of benzene rings is 2. The minimum absolute atomic E-state index is 0.318. The molecule has 0 aliphatic carbocycles. The Morgan fingerprint density at radius 2 is 1.74 bits per heavy atom. The molecule has 0 aliphatic heterocycles. The maximum atomic E-state index is 12.1. The summed E-state index contributed by atoms with van der Waals surface area (Å²) in [6, 6.07) is 15.0. The molecule has 0 aliphatic rings. The quantitative estimate of drug-likeness (QED) is 0.616. The minimum Gasteiger partial charge on any atom is -0.462 e. The van der Waals surface area contributed by atoms with Gasteiger partial charge in [-0.1, -0.05) is 30.3 Å². The van der Waals surface area contributed by atoms with Crippen molar-refractivity contribution < 1.29 is 9.53 Å². The Hall–Kier alpha value is -3.41. The van der Waals surface area contributed by atoms with Gasteiger partial charge in [0.2, 0.25) is 5.95 Å². The number of aromatic nitrogens is 2. The lowest BCUT2D eigenvalue weighted by molar-refractivity contribution is 0.0527. The molecule has 0 saturated carbocycles. The van der Waals surface area contributed by atoms with Gasteiger partial charge in [0.15, 0.2) is 0 Å². The first kappa shape index (κ1) is 18.4. The SMILES string of the molecule is CCOC(=O)c1ccccc1Nc1nccc(Nc2c(C)cccc2C)n1. The molecule has 2 aromatic carbocycles. The average Bonchev–Trinajstić information content (AvgIpc) is 2.66. The highest BCUT2D eigenvalue weighted by atomic mass is 16.5. The zero-order chi connectivity index (χ0) is 19.2. The number of anilines is 4. The number of ether oxygens (including phenoxy) is 1. The molecule has 6 nitrogen and oxygen atoms in total. The molecule has 3 aromatic rings. The van der Waals surface area contributed by atoms with Crippen LogP contribution in [-0.4, -0.2) is 22.5 Å². The van der Waals surface area contributed by atoms with Crippen molar-refractivity contribution in [1.29, 1.82) is 0 Å². The summed E-state index contributed by atoms with van der Waals surface area (Å²) in [6.07, 6.45) is 1.66. The number of carbonyl (C=O) groups excluding carboxylic acids is 1. The molecule has 0 unspecified atom stereocenters. The van der Waals surface area contributed by atoms with Crippen LogP contribution in [0.25, 0.3) is 0 Å². The molecule has 0 radical (unpaired) electrons. The second kappa shape index (κ2) is 8.31. The molecule has 27 heavy (non-hydrogen) atoms. The molecule has 2 N–H and O–H groups in total. The molecular formula is C21H22N4O2. The van der Waals surface area contributed by atoms with Crippen molar-refractivity contribution in [1.82, 2.24) is 9.97 Å². The largest absolute Gasteiger partial charge is 0.462 e. The van der Waals surface area contributed by atoms with Gasteiger partial charge < -0.3 is 15.4 Å². The van der Waals surface area contributed by atoms with E-state index in [1.807, 2.05) is 38.1 Å². The van der Waals surface area contributed by atoms with Crippen LogP contribution in [0.2, 0.25) is 0 Å². The van der Waals surface area contributed by atoms with Gasteiger partial charge in [-0.15, -0.1) is 0 Å². The first-order valence-corrected chi connectivity index (χ1v) is 8.78. The van der Waals surface area contributed by atoms with Gasteiger partial charge >= 0.3 is 5.97 Å². The first-order valence-electron chi connectivity index (χ1n) is 8.78. The number of nitrogens with zero attached hydrogens (tertiary/aromatic N) is 2. The minimum atomic E-state index is -0.384. The van der Waals surface area contributed by atoms with Gasteiger partial charge in [0.05, 0.1) is 17.9 Å². The lowest BCUT2D eigenvalue weighted by Crippen LogP contribution is -2.09. The maximum absolute atomic E-state index is 12.1. The van der Waals surface area contributed by atoms with Crippen molar-refractivity contribution in [2.75, 3.05) is 17.2 Å². The van der Waals surface area contributed by atoms with E-state index in [0.29, 0.717) is 29.6 Å². The number of hydrogen-bond donors (Lipinski definition) is 2. The van der Waals surface area contributed by atoms with Gasteiger partial charge in [0, 0.05) is 11.9 Å². The molecule has 138 valence electrons. The van der Waals surface area contributed by atoms with E-state index in [1.165, 1.54) is 0 Å². The maximum Gasteiger partial charge on any atom is 0.340 e. The third-order valence-corrected chi connectivity index (χ3v) is 4.06. The molecule has 3 rings (SSSR count). The van der Waals surface area contributed by atoms with Crippen LogP contribution in [0, 0.1) is 13.8 Å². The second-order valence-electron chi connectivity index (χ2n) is 6.05. The molecule has 0 saturated heterocycles. The van der Waals surface area contributed by atoms with E-state index < -0.39 is 0 Å². The third kappa shape index (κ3) is 4.41. The predicted octanol–water partition coefficient (Wildman–Crippen LogP) is 4.76. The molecule has 1 heterocycles. The molecule has 0 fully saturated rings. The van der Waals surface area contributed by atoms with Crippen LogP contribution in [-0.2, 0) is 4.74 Å². The summed E-state index contributed by atoms with van der Waals surface area (Å²) in [5.74, 6) is 0.673. The number of hydrogen-bond acceptors (Lipinski definition) is 6. The highest BCUT2D eigenvalue weighted by Gasteiger charge is 2.13. The van der Waals surface area contributed by atoms with E-state index >= 15 is 0 Å². The molecular weight excluding hydrogens is 340 g/mol. The Bertz CT molecular complexity index is 936. The Morgan fingerprint density at radius 1 is 1.00 bits per heavy atom. The summed E-state index contributed by atoms with van der Waals surface area (Å²) in [5.41, 5.74) is 4.33. The van der Waals surface area contributed by atoms with E-state index in [0.717, 1.165) is 16.8 Å². The second-order valence-corrected chi connectivity index (χ2v) is 6.05. The molecule has 0 bridgehead atoms. The Balaban J connectivity index is 1.84. The van der Waals surface area contributed by atoms with Gasteiger partial charge in [-0.2, -0.15) is 4.98 Å². The van der Waals surface area contributed by atoms with Crippen LogP contribution in [0.15, 0.2) is 54.7 Å². The molecule has 1 aromatic heterocycles. The summed E-state index contributed by atoms with van der Waals surface area (Å²) < 4.78 is 5.10. The van der Waals surface area contributed by atoms with Crippen LogP contribution >= 0.6 is 0 Å². The fourth-order valence-corrected chi connectivity index (χ4v) is 2.73. The topological polar surface area (TPSA) is 76.1 Å². The van der Waals surface area contributed by atoms with E-state index in [9.17, 15) is 4.79 Å². The summed E-state index contributed by atoms with van der Waals surface area (Å²) in [4.78, 5) is 20.9. The Kier molecular flexibility index (Phi) is 5.66. The van der Waals surface area contributed by atoms with Crippen molar-refractivity contribution in [3.63, 3.8) is 0 Å². The Labute approximate surface area is 158 Å². The lowest BCUT2D eigenvalue weighted by atomic mass is 10.1. The average molecular weight is 362 g/mol. The van der Waals surface area contributed by atoms with Gasteiger partial charge in [0.25, 0.3) is 0 Å². The van der Waals surface area contributed by atoms with Gasteiger partial charge in [-0.25, -0.2) is 9.78 Å². The number of esters is 1. The predicted molar refractivity (Wildman–Crippen MR) is 107 cm³/mol. The number of rotatable bonds is 6. The summed E-state index contributed by atoms with van der Waals surface area (Å²) in [6.45, 7) is 6.19. The van der Waals surface area contributed by atoms with Crippen molar-refractivity contribution in [3.8, 4) is 0 Å². The van der Waals surface area contributed by atoms with E-state index in [2.05, 4.69) is 20.6 Å². The third-order valence-electron chi connectivity index (χ3n) is 4.06.